The Kier molecular flexibility index (Phi) is 7.60. The fourth-order valence-electron chi connectivity index (χ4n) is 4.15. The number of nitrogens with one attached hydrogen (secondary N) is 1. The van der Waals surface area contributed by atoms with Crippen LogP contribution in [0.5, 0.6) is 0 Å². The zero-order valence-electron chi connectivity index (χ0n) is 14.3. The summed E-state index contributed by atoms with van der Waals surface area (Å²) in [7, 11) is 0. The lowest BCUT2D eigenvalue weighted by molar-refractivity contribution is -0.141. The Morgan fingerprint density at radius 2 is 1.96 bits per heavy atom. The van der Waals surface area contributed by atoms with Crippen LogP contribution in [0.25, 0.3) is 0 Å². The highest BCUT2D eigenvalue weighted by molar-refractivity contribution is 5.85. The highest BCUT2D eigenvalue weighted by Crippen LogP contribution is 2.25. The number of amides is 1. The fraction of sp³-hybridized carbons (Fsp3) is 0.941. The average Bonchev–Trinajstić information content (AvgIpc) is 2.56. The maximum Gasteiger partial charge on any atom is 0.226 e. The molecule has 0 aromatic carbocycles. The Morgan fingerprint density at radius 3 is 2.70 bits per heavy atom. The molecule has 134 valence electrons. The number of rotatable bonds is 3. The van der Waals surface area contributed by atoms with Gasteiger partial charge in [0, 0.05) is 44.2 Å². The van der Waals surface area contributed by atoms with Crippen molar-refractivity contribution in [2.24, 2.45) is 5.92 Å². The molecule has 3 fully saturated rings. The smallest absolute Gasteiger partial charge is 0.226 e. The van der Waals surface area contributed by atoms with Gasteiger partial charge in [-0.05, 0) is 45.6 Å². The lowest BCUT2D eigenvalue weighted by atomic mass is 9.90. The van der Waals surface area contributed by atoms with Gasteiger partial charge in [-0.1, -0.05) is 0 Å². The third kappa shape index (κ3) is 5.05. The Bertz CT molecular complexity index is 377. The molecular weight excluding hydrogens is 314 g/mol. The van der Waals surface area contributed by atoms with Crippen LogP contribution >= 0.6 is 12.4 Å². The molecule has 1 amide bonds. The highest BCUT2D eigenvalue weighted by Gasteiger charge is 2.34. The molecule has 5 nitrogen and oxygen atoms in total. The zero-order chi connectivity index (χ0) is 15.4. The first-order valence-corrected chi connectivity index (χ1v) is 9.08. The fourth-order valence-corrected chi connectivity index (χ4v) is 4.15. The molecule has 3 aliphatic heterocycles. The van der Waals surface area contributed by atoms with Gasteiger partial charge in [-0.15, -0.1) is 12.4 Å². The largest absolute Gasteiger partial charge is 0.379 e. The molecule has 3 aliphatic rings. The van der Waals surface area contributed by atoms with Gasteiger partial charge in [-0.25, -0.2) is 0 Å². The summed E-state index contributed by atoms with van der Waals surface area (Å²) >= 11 is 0. The van der Waals surface area contributed by atoms with Gasteiger partial charge < -0.3 is 15.0 Å². The van der Waals surface area contributed by atoms with E-state index in [9.17, 15) is 4.79 Å². The van der Waals surface area contributed by atoms with Crippen LogP contribution in [-0.2, 0) is 9.53 Å². The number of carbonyl (C=O) groups excluding carboxylic acids is 1. The predicted molar refractivity (Wildman–Crippen MR) is 94.0 cm³/mol. The van der Waals surface area contributed by atoms with E-state index in [1.54, 1.807) is 0 Å². The number of likely N-dealkylation sites (tertiary alicyclic amines) is 1. The predicted octanol–water partition coefficient (Wildman–Crippen LogP) is 1.51. The van der Waals surface area contributed by atoms with E-state index in [-0.39, 0.29) is 18.3 Å². The number of hydrogen-bond acceptors (Lipinski definition) is 4. The molecule has 0 aromatic heterocycles. The van der Waals surface area contributed by atoms with E-state index in [0.29, 0.717) is 18.0 Å². The highest BCUT2D eigenvalue weighted by atomic mass is 35.5. The van der Waals surface area contributed by atoms with Crippen LogP contribution < -0.4 is 5.32 Å². The molecule has 3 heterocycles. The topological polar surface area (TPSA) is 44.8 Å². The molecule has 6 heteroatoms. The van der Waals surface area contributed by atoms with Crippen LogP contribution in [0.4, 0.5) is 0 Å². The maximum absolute atomic E-state index is 13.0. The summed E-state index contributed by atoms with van der Waals surface area (Å²) < 4.78 is 5.44. The molecule has 0 aromatic rings. The van der Waals surface area contributed by atoms with Gasteiger partial charge in [-0.3, -0.25) is 9.69 Å². The summed E-state index contributed by atoms with van der Waals surface area (Å²) in [6.45, 7) is 8.90. The molecule has 0 bridgehead atoms. The van der Waals surface area contributed by atoms with Crippen LogP contribution in [0.15, 0.2) is 0 Å². The van der Waals surface area contributed by atoms with Gasteiger partial charge >= 0.3 is 0 Å². The van der Waals surface area contributed by atoms with Gasteiger partial charge in [0.1, 0.15) is 0 Å². The minimum Gasteiger partial charge on any atom is -0.379 e. The SMILES string of the molecule is C[C@H]1C[C@@H](C(=O)N2CCCCC2CN2CCOCC2)CCN1.Cl. The summed E-state index contributed by atoms with van der Waals surface area (Å²) in [5.41, 5.74) is 0. The lowest BCUT2D eigenvalue weighted by Gasteiger charge is -2.42. The molecule has 0 saturated carbocycles. The Hall–Kier alpha value is -0.360. The molecule has 23 heavy (non-hydrogen) atoms. The van der Waals surface area contributed by atoms with Crippen molar-refractivity contribution in [1.29, 1.82) is 0 Å². The van der Waals surface area contributed by atoms with Crippen molar-refractivity contribution in [2.45, 2.75) is 51.1 Å². The normalized spacial score (nSPS) is 33.1. The van der Waals surface area contributed by atoms with Crippen molar-refractivity contribution in [2.75, 3.05) is 45.9 Å². The molecular formula is C17H32ClN3O2. The second kappa shape index (κ2) is 9.21. The van der Waals surface area contributed by atoms with Gasteiger partial charge in [0.25, 0.3) is 0 Å². The molecule has 1 N–H and O–H groups in total. The summed E-state index contributed by atoms with van der Waals surface area (Å²) in [5, 5.41) is 3.45. The molecule has 0 spiro atoms. The Labute approximate surface area is 146 Å². The summed E-state index contributed by atoms with van der Waals surface area (Å²) in [6, 6.07) is 0.898. The third-order valence-electron chi connectivity index (χ3n) is 5.46. The minimum absolute atomic E-state index is 0. The minimum atomic E-state index is 0. The number of piperidine rings is 2. The lowest BCUT2D eigenvalue weighted by Crippen LogP contribution is -2.54. The van der Waals surface area contributed by atoms with Crippen LogP contribution in [0, 0.1) is 5.92 Å². The number of hydrogen-bond donors (Lipinski definition) is 1. The van der Waals surface area contributed by atoms with Gasteiger partial charge in [0.15, 0.2) is 0 Å². The second-order valence-electron chi connectivity index (χ2n) is 7.17. The van der Waals surface area contributed by atoms with E-state index in [4.69, 9.17) is 4.74 Å². The number of halogens is 1. The van der Waals surface area contributed by atoms with Crippen LogP contribution in [-0.4, -0.2) is 73.7 Å². The van der Waals surface area contributed by atoms with E-state index < -0.39 is 0 Å². The first-order chi connectivity index (χ1) is 10.7. The van der Waals surface area contributed by atoms with Crippen LogP contribution in [0.3, 0.4) is 0 Å². The van der Waals surface area contributed by atoms with E-state index >= 15 is 0 Å². The second-order valence-corrected chi connectivity index (χ2v) is 7.17. The number of ether oxygens (including phenoxy) is 1. The van der Waals surface area contributed by atoms with Gasteiger partial charge in [0.05, 0.1) is 13.2 Å². The van der Waals surface area contributed by atoms with Crippen molar-refractivity contribution in [3.05, 3.63) is 0 Å². The molecule has 0 radical (unpaired) electrons. The first-order valence-electron chi connectivity index (χ1n) is 9.08. The summed E-state index contributed by atoms with van der Waals surface area (Å²) in [5.74, 6) is 0.660. The standard InChI is InChI=1S/C17H31N3O2.ClH/c1-14-12-15(5-6-18-14)17(21)20-7-3-2-4-16(20)13-19-8-10-22-11-9-19;/h14-16,18H,2-13H2,1H3;1H/t14-,15-,16?;/m0./s1. The Morgan fingerprint density at radius 1 is 1.17 bits per heavy atom. The zero-order valence-corrected chi connectivity index (χ0v) is 15.2. The van der Waals surface area contributed by atoms with E-state index in [1.165, 1.54) is 19.3 Å². The molecule has 1 unspecified atom stereocenters. The Balaban J connectivity index is 0.00000192. The van der Waals surface area contributed by atoms with E-state index in [1.807, 2.05) is 0 Å². The average molecular weight is 346 g/mol. The van der Waals surface area contributed by atoms with Crippen LogP contribution in [0.2, 0.25) is 0 Å². The van der Waals surface area contributed by atoms with Crippen molar-refractivity contribution in [1.82, 2.24) is 15.1 Å². The van der Waals surface area contributed by atoms with Crippen molar-refractivity contribution < 1.29 is 9.53 Å². The summed E-state index contributed by atoms with van der Waals surface area (Å²) in [6.07, 6.45) is 5.61. The molecule has 3 atom stereocenters. The summed E-state index contributed by atoms with van der Waals surface area (Å²) in [4.78, 5) is 17.7. The van der Waals surface area contributed by atoms with E-state index in [0.717, 1.165) is 58.8 Å². The first kappa shape index (κ1) is 19.0. The van der Waals surface area contributed by atoms with Crippen LogP contribution in [0.1, 0.15) is 39.0 Å². The molecule has 3 saturated heterocycles. The number of carbonyl (C=O) groups is 1. The van der Waals surface area contributed by atoms with Gasteiger partial charge in [0.2, 0.25) is 5.91 Å². The maximum atomic E-state index is 13.0. The molecule has 3 rings (SSSR count). The monoisotopic (exact) mass is 345 g/mol. The molecule has 0 aliphatic carbocycles. The van der Waals surface area contributed by atoms with Crippen molar-refractivity contribution >= 4 is 18.3 Å². The third-order valence-corrected chi connectivity index (χ3v) is 5.46. The number of nitrogens with zero attached hydrogens (tertiary/aromatic N) is 2. The van der Waals surface area contributed by atoms with Crippen molar-refractivity contribution in [3.8, 4) is 0 Å². The number of morpholine rings is 1. The quantitative estimate of drug-likeness (QED) is 0.842. The van der Waals surface area contributed by atoms with E-state index in [2.05, 4.69) is 22.0 Å². The van der Waals surface area contributed by atoms with Gasteiger partial charge in [-0.2, -0.15) is 0 Å². The van der Waals surface area contributed by atoms with Crippen molar-refractivity contribution in [3.63, 3.8) is 0 Å².